The molecule has 0 aromatic heterocycles. The second-order valence-corrected chi connectivity index (χ2v) is 4.61. The van der Waals surface area contributed by atoms with Crippen LogP contribution in [0, 0.1) is 0 Å². The summed E-state index contributed by atoms with van der Waals surface area (Å²) in [5.41, 5.74) is 0. The summed E-state index contributed by atoms with van der Waals surface area (Å²) in [4.78, 5) is 4.82. The van der Waals surface area contributed by atoms with Crippen LogP contribution in [0.3, 0.4) is 0 Å². The van der Waals surface area contributed by atoms with Gasteiger partial charge in [-0.25, -0.2) is 0 Å². The van der Waals surface area contributed by atoms with Gasteiger partial charge in [-0.3, -0.25) is 4.90 Å². The normalized spacial score (nSPS) is 24.9. The van der Waals surface area contributed by atoms with Crippen molar-refractivity contribution in [2.75, 3.05) is 33.3 Å². The molecule has 0 amide bonds. The fraction of sp³-hybridized carbons (Fsp3) is 1.00. The number of likely N-dealkylation sites (tertiary alicyclic amines) is 1. The van der Waals surface area contributed by atoms with Crippen molar-refractivity contribution in [2.45, 2.75) is 38.8 Å². The first-order valence-electron chi connectivity index (χ1n) is 5.70. The molecule has 1 fully saturated rings. The molecule has 1 aliphatic heterocycles. The Morgan fingerprint density at radius 2 is 2.21 bits per heavy atom. The highest BCUT2D eigenvalue weighted by Gasteiger charge is 2.24. The third-order valence-electron chi connectivity index (χ3n) is 3.09. The second-order valence-electron chi connectivity index (χ2n) is 4.61. The maximum atomic E-state index is 9.03. The SMILES string of the molecule is CC(C)N(CCO)[C@@H]1CCCN(C)C1. The van der Waals surface area contributed by atoms with Crippen LogP contribution in [0.4, 0.5) is 0 Å². The highest BCUT2D eigenvalue weighted by molar-refractivity contribution is 4.81. The predicted octanol–water partition coefficient (Wildman–Crippen LogP) is 0.783. The lowest BCUT2D eigenvalue weighted by Gasteiger charge is -2.40. The summed E-state index contributed by atoms with van der Waals surface area (Å²) in [5.74, 6) is 0. The van der Waals surface area contributed by atoms with Crippen molar-refractivity contribution in [3.05, 3.63) is 0 Å². The molecule has 1 N–H and O–H groups in total. The van der Waals surface area contributed by atoms with Crippen molar-refractivity contribution >= 4 is 0 Å². The lowest BCUT2D eigenvalue weighted by atomic mass is 10.0. The molecule has 1 saturated heterocycles. The van der Waals surface area contributed by atoms with Crippen LogP contribution in [-0.4, -0.2) is 60.3 Å². The zero-order chi connectivity index (χ0) is 10.6. The van der Waals surface area contributed by atoms with E-state index in [4.69, 9.17) is 5.11 Å². The van der Waals surface area contributed by atoms with E-state index in [9.17, 15) is 0 Å². The molecule has 0 aromatic rings. The third kappa shape index (κ3) is 3.23. The van der Waals surface area contributed by atoms with Crippen LogP contribution in [0.2, 0.25) is 0 Å². The quantitative estimate of drug-likeness (QED) is 0.726. The van der Waals surface area contributed by atoms with Gasteiger partial charge in [0, 0.05) is 25.2 Å². The smallest absolute Gasteiger partial charge is 0.0558 e. The van der Waals surface area contributed by atoms with Crippen molar-refractivity contribution < 1.29 is 5.11 Å². The summed E-state index contributed by atoms with van der Waals surface area (Å²) >= 11 is 0. The number of nitrogens with zero attached hydrogens (tertiary/aromatic N) is 2. The van der Waals surface area contributed by atoms with Gasteiger partial charge in [0.1, 0.15) is 0 Å². The van der Waals surface area contributed by atoms with E-state index in [0.29, 0.717) is 12.1 Å². The standard InChI is InChI=1S/C11H24N2O/c1-10(2)13(7-8-14)11-5-4-6-12(3)9-11/h10-11,14H,4-9H2,1-3H3/t11-/m1/s1. The molecule has 3 nitrogen and oxygen atoms in total. The van der Waals surface area contributed by atoms with Crippen LogP contribution in [0.1, 0.15) is 26.7 Å². The van der Waals surface area contributed by atoms with Crippen LogP contribution in [-0.2, 0) is 0 Å². The Kier molecular flexibility index (Phi) is 4.85. The average Bonchev–Trinajstić information content (AvgIpc) is 2.13. The summed E-state index contributed by atoms with van der Waals surface area (Å²) in [6.07, 6.45) is 2.57. The van der Waals surface area contributed by atoms with Crippen LogP contribution >= 0.6 is 0 Å². The Morgan fingerprint density at radius 1 is 1.50 bits per heavy atom. The fourth-order valence-electron chi connectivity index (χ4n) is 2.39. The van der Waals surface area contributed by atoms with Crippen molar-refractivity contribution in [2.24, 2.45) is 0 Å². The van der Waals surface area contributed by atoms with Gasteiger partial charge in [-0.2, -0.15) is 0 Å². The van der Waals surface area contributed by atoms with E-state index < -0.39 is 0 Å². The van der Waals surface area contributed by atoms with Gasteiger partial charge in [-0.05, 0) is 40.3 Å². The average molecular weight is 200 g/mol. The van der Waals surface area contributed by atoms with E-state index in [-0.39, 0.29) is 6.61 Å². The number of aliphatic hydroxyl groups is 1. The Balaban J connectivity index is 2.48. The van der Waals surface area contributed by atoms with Gasteiger partial charge in [0.15, 0.2) is 0 Å². The number of hydrogen-bond acceptors (Lipinski definition) is 3. The van der Waals surface area contributed by atoms with Crippen molar-refractivity contribution in [1.29, 1.82) is 0 Å². The molecule has 0 unspecified atom stereocenters. The number of hydrogen-bond donors (Lipinski definition) is 1. The lowest BCUT2D eigenvalue weighted by molar-refractivity contribution is 0.0692. The van der Waals surface area contributed by atoms with Crippen LogP contribution in [0.15, 0.2) is 0 Å². The Hall–Kier alpha value is -0.120. The molecule has 0 spiro atoms. The number of aliphatic hydroxyl groups excluding tert-OH is 1. The largest absolute Gasteiger partial charge is 0.395 e. The first-order chi connectivity index (χ1) is 6.65. The lowest BCUT2D eigenvalue weighted by Crippen LogP contribution is -2.50. The summed E-state index contributed by atoms with van der Waals surface area (Å²) < 4.78 is 0. The molecule has 14 heavy (non-hydrogen) atoms. The summed E-state index contributed by atoms with van der Waals surface area (Å²) in [7, 11) is 2.18. The topological polar surface area (TPSA) is 26.7 Å². The predicted molar refractivity (Wildman–Crippen MR) is 59.4 cm³/mol. The van der Waals surface area contributed by atoms with Crippen LogP contribution < -0.4 is 0 Å². The molecule has 0 bridgehead atoms. The Bertz CT molecular complexity index is 161. The van der Waals surface area contributed by atoms with E-state index >= 15 is 0 Å². The van der Waals surface area contributed by atoms with Crippen molar-refractivity contribution in [1.82, 2.24) is 9.80 Å². The monoisotopic (exact) mass is 200 g/mol. The molecule has 0 saturated carbocycles. The highest BCUT2D eigenvalue weighted by Crippen LogP contribution is 2.16. The van der Waals surface area contributed by atoms with Gasteiger partial charge >= 0.3 is 0 Å². The molecule has 1 aliphatic rings. The molecule has 1 rings (SSSR count). The van der Waals surface area contributed by atoms with Gasteiger partial charge in [-0.15, -0.1) is 0 Å². The molecule has 1 atom stereocenters. The maximum absolute atomic E-state index is 9.03. The number of rotatable bonds is 4. The zero-order valence-electron chi connectivity index (χ0n) is 9.74. The van der Waals surface area contributed by atoms with E-state index in [2.05, 4.69) is 30.7 Å². The minimum Gasteiger partial charge on any atom is -0.395 e. The first kappa shape index (κ1) is 12.0. The molecule has 0 aliphatic carbocycles. The first-order valence-corrected chi connectivity index (χ1v) is 5.70. The minimum atomic E-state index is 0.276. The van der Waals surface area contributed by atoms with E-state index in [0.717, 1.165) is 13.1 Å². The van der Waals surface area contributed by atoms with Crippen LogP contribution in [0.25, 0.3) is 0 Å². The molecular formula is C11H24N2O. The summed E-state index contributed by atoms with van der Waals surface area (Å²) in [6, 6.07) is 1.18. The molecule has 0 aromatic carbocycles. The summed E-state index contributed by atoms with van der Waals surface area (Å²) in [6.45, 7) is 7.89. The van der Waals surface area contributed by atoms with E-state index in [1.54, 1.807) is 0 Å². The molecular weight excluding hydrogens is 176 g/mol. The number of piperidine rings is 1. The molecule has 84 valence electrons. The second kappa shape index (κ2) is 5.69. The summed E-state index contributed by atoms with van der Waals surface area (Å²) in [5, 5.41) is 9.03. The fourth-order valence-corrected chi connectivity index (χ4v) is 2.39. The van der Waals surface area contributed by atoms with Crippen LogP contribution in [0.5, 0.6) is 0 Å². The molecule has 1 heterocycles. The Morgan fingerprint density at radius 3 is 2.71 bits per heavy atom. The van der Waals surface area contributed by atoms with Gasteiger partial charge in [0.2, 0.25) is 0 Å². The third-order valence-corrected chi connectivity index (χ3v) is 3.09. The van der Waals surface area contributed by atoms with Gasteiger partial charge in [-0.1, -0.05) is 0 Å². The molecule has 0 radical (unpaired) electrons. The maximum Gasteiger partial charge on any atom is 0.0558 e. The van der Waals surface area contributed by atoms with E-state index in [1.807, 2.05) is 0 Å². The molecule has 3 heteroatoms. The van der Waals surface area contributed by atoms with Gasteiger partial charge in [0.05, 0.1) is 6.61 Å². The number of likely N-dealkylation sites (N-methyl/N-ethyl adjacent to an activating group) is 1. The Labute approximate surface area is 87.7 Å². The minimum absolute atomic E-state index is 0.276. The zero-order valence-corrected chi connectivity index (χ0v) is 9.74. The van der Waals surface area contributed by atoms with Gasteiger partial charge in [0.25, 0.3) is 0 Å². The van der Waals surface area contributed by atoms with Crippen molar-refractivity contribution in [3.63, 3.8) is 0 Å². The van der Waals surface area contributed by atoms with Gasteiger partial charge < -0.3 is 10.0 Å². The van der Waals surface area contributed by atoms with Crippen molar-refractivity contribution in [3.8, 4) is 0 Å². The van der Waals surface area contributed by atoms with E-state index in [1.165, 1.54) is 19.4 Å². The highest BCUT2D eigenvalue weighted by atomic mass is 16.3.